The van der Waals surface area contributed by atoms with Gasteiger partial charge < -0.3 is 4.90 Å². The first-order valence-corrected chi connectivity index (χ1v) is 8.39. The highest BCUT2D eigenvalue weighted by molar-refractivity contribution is 9.10. The molecule has 0 bridgehead atoms. The van der Waals surface area contributed by atoms with Gasteiger partial charge in [-0.2, -0.15) is 8.42 Å². The van der Waals surface area contributed by atoms with Gasteiger partial charge in [-0.3, -0.25) is 8.98 Å². The first-order chi connectivity index (χ1) is 8.85. The summed E-state index contributed by atoms with van der Waals surface area (Å²) in [4.78, 5) is 13.8. The Balaban J connectivity index is 2.01. The van der Waals surface area contributed by atoms with Crippen molar-refractivity contribution in [1.82, 2.24) is 4.90 Å². The van der Waals surface area contributed by atoms with E-state index >= 15 is 0 Å². The van der Waals surface area contributed by atoms with Crippen LogP contribution in [0.3, 0.4) is 0 Å². The van der Waals surface area contributed by atoms with Crippen molar-refractivity contribution in [3.05, 3.63) is 34.3 Å². The number of benzene rings is 1. The molecule has 5 nitrogen and oxygen atoms in total. The fourth-order valence-electron chi connectivity index (χ4n) is 2.01. The molecule has 0 saturated carbocycles. The standard InChI is InChI=1S/C12H14BrNO4S/c1-19(16,17)18-11-6-7-14(8-11)12(15)9-2-4-10(13)5-3-9/h2-5,11H,6-8H2,1H3/t11-/m1/s1. The van der Waals surface area contributed by atoms with E-state index in [0.29, 0.717) is 25.1 Å². The van der Waals surface area contributed by atoms with Crippen molar-refractivity contribution in [1.29, 1.82) is 0 Å². The van der Waals surface area contributed by atoms with Crippen LogP contribution in [0.25, 0.3) is 0 Å². The number of halogens is 1. The zero-order chi connectivity index (χ0) is 14.0. The lowest BCUT2D eigenvalue weighted by atomic mass is 10.2. The molecule has 0 unspecified atom stereocenters. The molecule has 2 rings (SSSR count). The predicted molar refractivity (Wildman–Crippen MR) is 74.4 cm³/mol. The Morgan fingerprint density at radius 3 is 2.58 bits per heavy atom. The van der Waals surface area contributed by atoms with Gasteiger partial charge in [-0.15, -0.1) is 0 Å². The summed E-state index contributed by atoms with van der Waals surface area (Å²) in [6.45, 7) is 0.817. The van der Waals surface area contributed by atoms with Crippen molar-refractivity contribution >= 4 is 32.0 Å². The third-order valence-electron chi connectivity index (χ3n) is 2.83. The lowest BCUT2D eigenvalue weighted by Crippen LogP contribution is -2.30. The third kappa shape index (κ3) is 4.02. The van der Waals surface area contributed by atoms with E-state index in [1.165, 1.54) is 0 Å². The Morgan fingerprint density at radius 1 is 1.37 bits per heavy atom. The molecule has 1 amide bonds. The Bertz CT molecular complexity index is 570. The summed E-state index contributed by atoms with van der Waals surface area (Å²) in [6.07, 6.45) is 1.12. The number of carbonyl (C=O) groups is 1. The molecule has 1 aliphatic heterocycles. The average molecular weight is 348 g/mol. The quantitative estimate of drug-likeness (QED) is 0.779. The van der Waals surface area contributed by atoms with Gasteiger partial charge in [-0.05, 0) is 30.7 Å². The van der Waals surface area contributed by atoms with Crippen LogP contribution in [0.2, 0.25) is 0 Å². The molecule has 0 aromatic heterocycles. The van der Waals surface area contributed by atoms with Crippen LogP contribution in [0, 0.1) is 0 Å². The van der Waals surface area contributed by atoms with Crippen LogP contribution in [0.15, 0.2) is 28.7 Å². The molecule has 0 aliphatic carbocycles. The topological polar surface area (TPSA) is 63.7 Å². The maximum atomic E-state index is 12.2. The molecule has 104 valence electrons. The average Bonchev–Trinajstić information content (AvgIpc) is 2.75. The number of carbonyl (C=O) groups excluding carboxylic acids is 1. The summed E-state index contributed by atoms with van der Waals surface area (Å²) in [6, 6.07) is 7.07. The second-order valence-electron chi connectivity index (χ2n) is 4.47. The smallest absolute Gasteiger partial charge is 0.264 e. The van der Waals surface area contributed by atoms with Gasteiger partial charge in [-0.25, -0.2) is 0 Å². The second kappa shape index (κ2) is 5.60. The van der Waals surface area contributed by atoms with Crippen LogP contribution in [0.4, 0.5) is 0 Å². The molecule has 0 radical (unpaired) electrons. The summed E-state index contributed by atoms with van der Waals surface area (Å²) < 4.78 is 27.9. The van der Waals surface area contributed by atoms with Gasteiger partial charge in [0.1, 0.15) is 0 Å². The molecule has 1 atom stereocenters. The van der Waals surface area contributed by atoms with E-state index in [0.717, 1.165) is 10.7 Å². The van der Waals surface area contributed by atoms with E-state index in [9.17, 15) is 13.2 Å². The van der Waals surface area contributed by atoms with Gasteiger partial charge in [0.25, 0.3) is 16.0 Å². The normalized spacial score (nSPS) is 19.7. The molecule has 0 N–H and O–H groups in total. The van der Waals surface area contributed by atoms with Gasteiger partial charge in [0, 0.05) is 23.1 Å². The van der Waals surface area contributed by atoms with Crippen molar-refractivity contribution in [3.63, 3.8) is 0 Å². The van der Waals surface area contributed by atoms with Gasteiger partial charge in [-0.1, -0.05) is 15.9 Å². The highest BCUT2D eigenvalue weighted by Crippen LogP contribution is 2.18. The minimum absolute atomic E-state index is 0.105. The van der Waals surface area contributed by atoms with Crippen LogP contribution >= 0.6 is 15.9 Å². The fourth-order valence-corrected chi connectivity index (χ4v) is 2.93. The van der Waals surface area contributed by atoms with E-state index in [1.807, 2.05) is 0 Å². The van der Waals surface area contributed by atoms with Crippen LogP contribution in [-0.2, 0) is 14.3 Å². The molecule has 0 spiro atoms. The molecule has 1 saturated heterocycles. The predicted octanol–water partition coefficient (Wildman–Crippen LogP) is 1.64. The van der Waals surface area contributed by atoms with E-state index < -0.39 is 16.2 Å². The molecular formula is C12H14BrNO4S. The molecule has 7 heteroatoms. The first kappa shape index (κ1) is 14.5. The molecule has 19 heavy (non-hydrogen) atoms. The van der Waals surface area contributed by atoms with E-state index in [-0.39, 0.29) is 5.91 Å². The molecule has 1 aliphatic rings. The SMILES string of the molecule is CS(=O)(=O)O[C@@H]1CCN(C(=O)c2ccc(Br)cc2)C1. The second-order valence-corrected chi connectivity index (χ2v) is 6.99. The molecule has 1 aromatic rings. The summed E-state index contributed by atoms with van der Waals surface area (Å²) in [7, 11) is -3.47. The van der Waals surface area contributed by atoms with Crippen molar-refractivity contribution in [2.45, 2.75) is 12.5 Å². The van der Waals surface area contributed by atoms with Gasteiger partial charge in [0.05, 0.1) is 12.4 Å². The molecule has 1 aromatic carbocycles. The van der Waals surface area contributed by atoms with Gasteiger partial charge >= 0.3 is 0 Å². The zero-order valence-electron chi connectivity index (χ0n) is 10.4. The highest BCUT2D eigenvalue weighted by Gasteiger charge is 2.29. The minimum Gasteiger partial charge on any atom is -0.336 e. The highest BCUT2D eigenvalue weighted by atomic mass is 79.9. The summed E-state index contributed by atoms with van der Waals surface area (Å²) in [5, 5.41) is 0. The van der Waals surface area contributed by atoms with Crippen molar-refractivity contribution in [2.75, 3.05) is 19.3 Å². The summed E-state index contributed by atoms with van der Waals surface area (Å²) in [5.41, 5.74) is 0.586. The number of amides is 1. The van der Waals surface area contributed by atoms with E-state index in [1.54, 1.807) is 29.2 Å². The molecule has 1 heterocycles. The van der Waals surface area contributed by atoms with E-state index in [4.69, 9.17) is 4.18 Å². The van der Waals surface area contributed by atoms with Crippen molar-refractivity contribution in [3.8, 4) is 0 Å². The zero-order valence-corrected chi connectivity index (χ0v) is 12.8. The Hall–Kier alpha value is -0.920. The minimum atomic E-state index is -3.47. The molecule has 1 fully saturated rings. The number of hydrogen-bond donors (Lipinski definition) is 0. The summed E-state index contributed by atoms with van der Waals surface area (Å²) in [5.74, 6) is -0.105. The molecular weight excluding hydrogens is 334 g/mol. The third-order valence-corrected chi connectivity index (χ3v) is 3.98. The summed E-state index contributed by atoms with van der Waals surface area (Å²) >= 11 is 3.31. The van der Waals surface area contributed by atoms with Crippen LogP contribution in [-0.4, -0.2) is 44.7 Å². The maximum absolute atomic E-state index is 12.2. The van der Waals surface area contributed by atoms with Crippen LogP contribution in [0.1, 0.15) is 16.8 Å². The number of rotatable bonds is 3. The Morgan fingerprint density at radius 2 is 2.00 bits per heavy atom. The van der Waals surface area contributed by atoms with Crippen molar-refractivity contribution < 1.29 is 17.4 Å². The Kier molecular flexibility index (Phi) is 4.27. The first-order valence-electron chi connectivity index (χ1n) is 5.78. The fraction of sp³-hybridized carbons (Fsp3) is 0.417. The maximum Gasteiger partial charge on any atom is 0.264 e. The Labute approximate surface area is 120 Å². The lowest BCUT2D eigenvalue weighted by molar-refractivity contribution is 0.0773. The van der Waals surface area contributed by atoms with E-state index in [2.05, 4.69) is 15.9 Å². The monoisotopic (exact) mass is 347 g/mol. The van der Waals surface area contributed by atoms with Crippen LogP contribution < -0.4 is 0 Å². The van der Waals surface area contributed by atoms with Crippen molar-refractivity contribution in [2.24, 2.45) is 0 Å². The van der Waals surface area contributed by atoms with Gasteiger partial charge in [0.15, 0.2) is 0 Å². The largest absolute Gasteiger partial charge is 0.336 e. The van der Waals surface area contributed by atoms with Crippen LogP contribution in [0.5, 0.6) is 0 Å². The van der Waals surface area contributed by atoms with Gasteiger partial charge in [0.2, 0.25) is 0 Å². The lowest BCUT2D eigenvalue weighted by Gasteiger charge is -2.16. The number of nitrogens with zero attached hydrogens (tertiary/aromatic N) is 1. The number of likely N-dealkylation sites (tertiary alicyclic amines) is 1. The number of hydrogen-bond acceptors (Lipinski definition) is 4.